The Kier molecular flexibility index (Phi) is 3.61. The molecule has 0 fully saturated rings. The molecule has 0 aliphatic heterocycles. The summed E-state index contributed by atoms with van der Waals surface area (Å²) < 4.78 is 4.80. The summed E-state index contributed by atoms with van der Waals surface area (Å²) in [6, 6.07) is 3.06. The molecule has 0 spiro atoms. The number of hydrogen-bond donors (Lipinski definition) is 2. The van der Waals surface area contributed by atoms with Crippen molar-refractivity contribution in [2.75, 3.05) is 11.9 Å². The maximum Gasteiger partial charge on any atom is 0.341 e. The van der Waals surface area contributed by atoms with Crippen molar-refractivity contribution in [1.82, 2.24) is 4.98 Å². The zero-order valence-electron chi connectivity index (χ0n) is 8.06. The molecular weight excluding hydrogens is 200 g/mol. The number of ether oxygens (including phenoxy) is 1. The van der Waals surface area contributed by atoms with Crippen LogP contribution in [0.2, 0.25) is 0 Å². The molecule has 0 unspecified atom stereocenters. The number of nitrogens with one attached hydrogen (secondary N) is 1. The maximum atomic E-state index is 10.7. The molecule has 0 bridgehead atoms. The Labute approximate surface area is 85.9 Å². The molecule has 0 aliphatic carbocycles. The molecule has 1 aromatic heterocycles. The van der Waals surface area contributed by atoms with E-state index in [-0.39, 0.29) is 11.8 Å². The van der Waals surface area contributed by atoms with Crippen molar-refractivity contribution >= 4 is 17.6 Å². The average Bonchev–Trinajstić information content (AvgIpc) is 2.16. The first kappa shape index (κ1) is 11.0. The van der Waals surface area contributed by atoms with Gasteiger partial charge in [-0.15, -0.1) is 0 Å². The molecule has 1 heterocycles. The van der Waals surface area contributed by atoms with Gasteiger partial charge in [0.1, 0.15) is 0 Å². The fraction of sp³-hybridized carbons (Fsp3) is 0.222. The fourth-order valence-electron chi connectivity index (χ4n) is 0.879. The molecule has 6 nitrogen and oxygen atoms in total. The van der Waals surface area contributed by atoms with Gasteiger partial charge in [0.2, 0.25) is 11.8 Å². The standard InChI is InChI=1S/C9H10N2O4/c1-6(12)11-7-2-3-8(10-4-7)15-5-9(13)14/h2-4H,5H2,1H3,(H,11,12)(H,13,14). The summed E-state index contributed by atoms with van der Waals surface area (Å²) in [4.78, 5) is 24.6. The van der Waals surface area contributed by atoms with Gasteiger partial charge in [-0.1, -0.05) is 0 Å². The van der Waals surface area contributed by atoms with Crippen molar-refractivity contribution < 1.29 is 19.4 Å². The summed E-state index contributed by atoms with van der Waals surface area (Å²) >= 11 is 0. The maximum absolute atomic E-state index is 10.7. The van der Waals surface area contributed by atoms with Crippen molar-refractivity contribution in [3.63, 3.8) is 0 Å². The second-order valence-corrected chi connectivity index (χ2v) is 2.75. The third kappa shape index (κ3) is 4.08. The normalized spacial score (nSPS) is 9.40. The number of nitrogens with zero attached hydrogens (tertiary/aromatic N) is 1. The van der Waals surface area contributed by atoms with Crippen LogP contribution in [0.15, 0.2) is 18.3 Å². The quantitative estimate of drug-likeness (QED) is 0.755. The number of hydrogen-bond acceptors (Lipinski definition) is 4. The van der Waals surface area contributed by atoms with Crippen LogP contribution in [0, 0.1) is 0 Å². The van der Waals surface area contributed by atoms with Gasteiger partial charge in [-0.05, 0) is 6.07 Å². The van der Waals surface area contributed by atoms with E-state index in [9.17, 15) is 9.59 Å². The number of anilines is 1. The number of rotatable bonds is 4. The summed E-state index contributed by atoms with van der Waals surface area (Å²) in [5.74, 6) is -1.06. The first-order valence-electron chi connectivity index (χ1n) is 4.16. The highest BCUT2D eigenvalue weighted by Gasteiger charge is 2.01. The number of carbonyl (C=O) groups excluding carboxylic acids is 1. The van der Waals surface area contributed by atoms with Crippen LogP contribution in [0.1, 0.15) is 6.92 Å². The van der Waals surface area contributed by atoms with Crippen molar-refractivity contribution in [2.24, 2.45) is 0 Å². The number of aromatic nitrogens is 1. The molecule has 2 N–H and O–H groups in total. The van der Waals surface area contributed by atoms with E-state index in [1.54, 1.807) is 6.07 Å². The summed E-state index contributed by atoms with van der Waals surface area (Å²) in [6.45, 7) is 0.946. The molecule has 0 atom stereocenters. The van der Waals surface area contributed by atoms with Gasteiger partial charge in [0.25, 0.3) is 0 Å². The van der Waals surface area contributed by atoms with Gasteiger partial charge in [0.05, 0.1) is 11.9 Å². The van der Waals surface area contributed by atoms with Crippen LogP contribution in [-0.2, 0) is 9.59 Å². The number of pyridine rings is 1. The summed E-state index contributed by atoms with van der Waals surface area (Å²) in [6.07, 6.45) is 1.39. The van der Waals surface area contributed by atoms with Crippen LogP contribution >= 0.6 is 0 Å². The van der Waals surface area contributed by atoms with E-state index in [1.165, 1.54) is 19.2 Å². The Hall–Kier alpha value is -2.11. The molecule has 0 radical (unpaired) electrons. The van der Waals surface area contributed by atoms with Crippen molar-refractivity contribution in [1.29, 1.82) is 0 Å². The first-order valence-corrected chi connectivity index (χ1v) is 4.16. The van der Waals surface area contributed by atoms with Crippen LogP contribution in [-0.4, -0.2) is 28.6 Å². The number of aliphatic carboxylic acids is 1. The third-order valence-electron chi connectivity index (χ3n) is 1.40. The predicted octanol–water partition coefficient (Wildman–Crippen LogP) is 0.503. The van der Waals surface area contributed by atoms with Crippen molar-refractivity contribution in [3.05, 3.63) is 18.3 Å². The lowest BCUT2D eigenvalue weighted by atomic mass is 10.4. The zero-order valence-corrected chi connectivity index (χ0v) is 8.06. The van der Waals surface area contributed by atoms with Gasteiger partial charge >= 0.3 is 5.97 Å². The number of carboxylic acids is 1. The summed E-state index contributed by atoms with van der Waals surface area (Å²) in [5, 5.41) is 10.9. The molecule has 1 aromatic rings. The fourth-order valence-corrected chi connectivity index (χ4v) is 0.879. The highest BCUT2D eigenvalue weighted by molar-refractivity contribution is 5.88. The van der Waals surface area contributed by atoms with Gasteiger partial charge in [-0.25, -0.2) is 9.78 Å². The minimum atomic E-state index is -1.07. The topological polar surface area (TPSA) is 88.5 Å². The SMILES string of the molecule is CC(=O)Nc1ccc(OCC(=O)O)nc1. The molecule has 0 aliphatic rings. The van der Waals surface area contributed by atoms with Crippen LogP contribution in [0.5, 0.6) is 5.88 Å². The largest absolute Gasteiger partial charge is 0.479 e. The smallest absolute Gasteiger partial charge is 0.341 e. The first-order chi connectivity index (χ1) is 7.08. The van der Waals surface area contributed by atoms with E-state index in [4.69, 9.17) is 9.84 Å². The molecule has 0 saturated carbocycles. The van der Waals surface area contributed by atoms with Gasteiger partial charge in [0.15, 0.2) is 6.61 Å². The van der Waals surface area contributed by atoms with Gasteiger partial charge in [0, 0.05) is 13.0 Å². The molecular formula is C9H10N2O4. The number of carbonyl (C=O) groups is 2. The summed E-state index contributed by atoms with van der Waals surface area (Å²) in [5.41, 5.74) is 0.533. The highest BCUT2D eigenvalue weighted by atomic mass is 16.5. The summed E-state index contributed by atoms with van der Waals surface area (Å²) in [7, 11) is 0. The van der Waals surface area contributed by atoms with Crippen LogP contribution < -0.4 is 10.1 Å². The molecule has 15 heavy (non-hydrogen) atoms. The Morgan fingerprint density at radius 3 is 2.73 bits per heavy atom. The van der Waals surface area contributed by atoms with E-state index in [0.29, 0.717) is 5.69 Å². The minimum Gasteiger partial charge on any atom is -0.479 e. The Morgan fingerprint density at radius 1 is 1.53 bits per heavy atom. The molecule has 80 valence electrons. The molecule has 0 saturated heterocycles. The Balaban J connectivity index is 2.56. The lowest BCUT2D eigenvalue weighted by molar-refractivity contribution is -0.139. The second kappa shape index (κ2) is 4.94. The number of amides is 1. The van der Waals surface area contributed by atoms with E-state index >= 15 is 0 Å². The molecule has 1 amide bonds. The van der Waals surface area contributed by atoms with Gasteiger partial charge in [-0.2, -0.15) is 0 Å². The average molecular weight is 210 g/mol. The number of carboxylic acid groups (broad SMARTS) is 1. The van der Waals surface area contributed by atoms with Gasteiger partial charge in [-0.3, -0.25) is 4.79 Å². The predicted molar refractivity (Wildman–Crippen MR) is 51.7 cm³/mol. The van der Waals surface area contributed by atoms with Crippen LogP contribution in [0.25, 0.3) is 0 Å². The second-order valence-electron chi connectivity index (χ2n) is 2.75. The van der Waals surface area contributed by atoms with Crippen LogP contribution in [0.4, 0.5) is 5.69 Å². The monoisotopic (exact) mass is 210 g/mol. The lowest BCUT2D eigenvalue weighted by Crippen LogP contribution is -2.10. The van der Waals surface area contributed by atoms with E-state index in [2.05, 4.69) is 10.3 Å². The van der Waals surface area contributed by atoms with Crippen LogP contribution in [0.3, 0.4) is 0 Å². The molecule has 1 rings (SSSR count). The van der Waals surface area contributed by atoms with Gasteiger partial charge < -0.3 is 15.2 Å². The van der Waals surface area contributed by atoms with Crippen molar-refractivity contribution in [3.8, 4) is 5.88 Å². The highest BCUT2D eigenvalue weighted by Crippen LogP contribution is 2.11. The Bertz CT molecular complexity index is 361. The zero-order chi connectivity index (χ0) is 11.3. The lowest BCUT2D eigenvalue weighted by Gasteiger charge is -2.03. The third-order valence-corrected chi connectivity index (χ3v) is 1.40. The van der Waals surface area contributed by atoms with Crippen molar-refractivity contribution in [2.45, 2.75) is 6.92 Å². The molecule has 0 aromatic carbocycles. The Morgan fingerprint density at radius 2 is 2.27 bits per heavy atom. The van der Waals surface area contributed by atoms with E-state index < -0.39 is 12.6 Å². The minimum absolute atomic E-state index is 0.198. The van der Waals surface area contributed by atoms with E-state index in [1.807, 2.05) is 0 Å². The van der Waals surface area contributed by atoms with E-state index in [0.717, 1.165) is 0 Å². The molecule has 6 heteroatoms.